The van der Waals surface area contributed by atoms with Crippen LogP contribution in [-0.4, -0.2) is 18.1 Å². The van der Waals surface area contributed by atoms with Gasteiger partial charge in [0.1, 0.15) is 6.04 Å². The predicted molar refractivity (Wildman–Crippen MR) is 39.4 cm³/mol. The van der Waals surface area contributed by atoms with Crippen LogP contribution in [0.3, 0.4) is 0 Å². The first kappa shape index (κ1) is 9.92. The summed E-state index contributed by atoms with van der Waals surface area (Å²) in [6.07, 6.45) is -0.168. The van der Waals surface area contributed by atoms with E-state index in [4.69, 9.17) is 15.7 Å². The summed E-state index contributed by atoms with van der Waals surface area (Å²) in [6.45, 7) is 3.47. The summed E-state index contributed by atoms with van der Waals surface area (Å²) in [4.78, 5) is 10.8. The molecule has 0 spiro atoms. The molecule has 1 unspecified atom stereocenters. The molecule has 0 aromatic rings. The van der Waals surface area contributed by atoms with Crippen LogP contribution in [0.1, 0.15) is 20.3 Å². The van der Waals surface area contributed by atoms with Crippen LogP contribution < -0.4 is 5.73 Å². The molecule has 11 heavy (non-hydrogen) atoms. The Hall–Kier alpha value is -1.08. The fourth-order valence-electron chi connectivity index (χ4n) is 0.501. The van der Waals surface area contributed by atoms with Gasteiger partial charge in [-0.1, -0.05) is 0 Å². The summed E-state index contributed by atoms with van der Waals surface area (Å²) in [7, 11) is 0. The van der Waals surface area contributed by atoms with E-state index in [1.807, 2.05) is 0 Å². The molecule has 0 amide bonds. The molecule has 0 radical (unpaired) electrons. The highest BCUT2D eigenvalue weighted by Gasteiger charge is 2.15. The van der Waals surface area contributed by atoms with Gasteiger partial charge in [-0.05, 0) is 13.8 Å². The molecule has 4 heteroatoms. The number of hydrogen-bond acceptors (Lipinski definition) is 4. The zero-order chi connectivity index (χ0) is 8.85. The second kappa shape index (κ2) is 4.69. The Morgan fingerprint density at radius 3 is 2.64 bits per heavy atom. The van der Waals surface area contributed by atoms with E-state index in [2.05, 4.69) is 0 Å². The summed E-state index contributed by atoms with van der Waals surface area (Å²) < 4.78 is 4.75. The van der Waals surface area contributed by atoms with Crippen molar-refractivity contribution in [3.8, 4) is 6.07 Å². The molecule has 0 aromatic carbocycles. The van der Waals surface area contributed by atoms with Crippen LogP contribution in [0.25, 0.3) is 0 Å². The molecule has 62 valence electrons. The van der Waals surface area contributed by atoms with Crippen LogP contribution in [0.5, 0.6) is 0 Å². The van der Waals surface area contributed by atoms with Crippen molar-refractivity contribution in [2.45, 2.75) is 32.4 Å². The maximum Gasteiger partial charge on any atom is 0.324 e. The van der Waals surface area contributed by atoms with E-state index in [1.54, 1.807) is 19.9 Å². The van der Waals surface area contributed by atoms with Gasteiger partial charge in [-0.25, -0.2) is 0 Å². The molecule has 0 saturated heterocycles. The molecule has 2 N–H and O–H groups in total. The maximum atomic E-state index is 10.8. The first-order valence-corrected chi connectivity index (χ1v) is 3.41. The average Bonchev–Trinajstić information content (AvgIpc) is 1.86. The molecule has 0 rings (SSSR count). The third-order valence-electron chi connectivity index (χ3n) is 0.966. The molecule has 0 bridgehead atoms. The third kappa shape index (κ3) is 4.34. The number of nitriles is 1. The van der Waals surface area contributed by atoms with Crippen LogP contribution in [0, 0.1) is 11.3 Å². The van der Waals surface area contributed by atoms with E-state index < -0.39 is 12.0 Å². The Bertz CT molecular complexity index is 172. The zero-order valence-corrected chi connectivity index (χ0v) is 6.70. The molecule has 4 nitrogen and oxygen atoms in total. The van der Waals surface area contributed by atoms with Crippen LogP contribution >= 0.6 is 0 Å². The van der Waals surface area contributed by atoms with Crippen LogP contribution in [0.2, 0.25) is 0 Å². The van der Waals surface area contributed by atoms with Gasteiger partial charge in [-0.15, -0.1) is 0 Å². The van der Waals surface area contributed by atoms with Crippen LogP contribution in [-0.2, 0) is 9.53 Å². The Balaban J connectivity index is 3.75. The second-order valence-electron chi connectivity index (χ2n) is 2.45. The molecule has 0 aliphatic heterocycles. The smallest absolute Gasteiger partial charge is 0.324 e. The molecule has 0 aromatic heterocycles. The second-order valence-corrected chi connectivity index (χ2v) is 2.45. The summed E-state index contributed by atoms with van der Waals surface area (Å²) >= 11 is 0. The van der Waals surface area contributed by atoms with Gasteiger partial charge in [-0.2, -0.15) is 5.26 Å². The summed E-state index contributed by atoms with van der Waals surface area (Å²) in [5.41, 5.74) is 5.28. The summed E-state index contributed by atoms with van der Waals surface area (Å²) in [6, 6.07) is 0.992. The number of hydrogen-bond donors (Lipinski definition) is 1. The van der Waals surface area contributed by atoms with Gasteiger partial charge >= 0.3 is 5.97 Å². The largest absolute Gasteiger partial charge is 0.462 e. The molecule has 1 atom stereocenters. The van der Waals surface area contributed by atoms with Gasteiger partial charge in [-0.3, -0.25) is 4.79 Å². The SMILES string of the molecule is CC(C)OC(=O)C(N)C[11C]#N. The Morgan fingerprint density at radius 1 is 1.73 bits per heavy atom. The lowest BCUT2D eigenvalue weighted by Gasteiger charge is -2.10. The van der Waals surface area contributed by atoms with E-state index in [1.165, 1.54) is 0 Å². The number of ether oxygens (including phenoxy) is 1. The maximum absolute atomic E-state index is 10.8. The highest BCUT2D eigenvalue weighted by molar-refractivity contribution is 5.75. The molecular weight excluding hydrogens is 143 g/mol. The van der Waals surface area contributed by atoms with Crippen molar-refractivity contribution in [1.29, 1.82) is 5.26 Å². The van der Waals surface area contributed by atoms with Gasteiger partial charge in [0.05, 0.1) is 18.6 Å². The average molecular weight is 155 g/mol. The lowest BCUT2D eigenvalue weighted by Crippen LogP contribution is -2.33. The minimum absolute atomic E-state index is 0.00551. The zero-order valence-electron chi connectivity index (χ0n) is 6.70. The molecule has 0 aliphatic rings. The van der Waals surface area contributed by atoms with Gasteiger partial charge < -0.3 is 10.5 Å². The topological polar surface area (TPSA) is 76.1 Å². The number of carbonyl (C=O) groups excluding carboxylic acids is 1. The van der Waals surface area contributed by atoms with Crippen molar-refractivity contribution < 1.29 is 9.53 Å². The van der Waals surface area contributed by atoms with Crippen molar-refractivity contribution in [3.63, 3.8) is 0 Å². The van der Waals surface area contributed by atoms with Crippen molar-refractivity contribution >= 4 is 5.97 Å². The Morgan fingerprint density at radius 2 is 2.27 bits per heavy atom. The minimum atomic E-state index is -0.803. The molecule has 0 fully saturated rings. The van der Waals surface area contributed by atoms with Gasteiger partial charge in [0.2, 0.25) is 0 Å². The van der Waals surface area contributed by atoms with Crippen molar-refractivity contribution in [1.82, 2.24) is 0 Å². The fourth-order valence-corrected chi connectivity index (χ4v) is 0.501. The van der Waals surface area contributed by atoms with Gasteiger partial charge in [0.25, 0.3) is 0 Å². The van der Waals surface area contributed by atoms with Crippen LogP contribution in [0.4, 0.5) is 0 Å². The highest BCUT2D eigenvalue weighted by Crippen LogP contribution is 1.94. The Labute approximate surface area is 65.9 Å². The standard InChI is InChI=1S/C7H12N2O2/c1-5(2)11-7(10)6(9)3-4-8/h5-6H,3,9H2,1-2H3/i4-1. The molecule has 0 aliphatic carbocycles. The van der Waals surface area contributed by atoms with E-state index in [0.29, 0.717) is 0 Å². The van der Waals surface area contributed by atoms with Gasteiger partial charge in [0.15, 0.2) is 0 Å². The molecular formula is C7H12N2O2. The van der Waals surface area contributed by atoms with Gasteiger partial charge in [0, 0.05) is 0 Å². The van der Waals surface area contributed by atoms with E-state index in [9.17, 15) is 4.79 Å². The normalized spacial score (nSPS) is 12.3. The van der Waals surface area contributed by atoms with E-state index in [0.717, 1.165) is 0 Å². The quantitative estimate of drug-likeness (QED) is 0.590. The summed E-state index contributed by atoms with van der Waals surface area (Å²) in [5, 5.41) is 8.18. The molecule has 0 saturated carbocycles. The number of nitrogens with zero attached hydrogens (tertiary/aromatic N) is 1. The predicted octanol–water partition coefficient (Wildman–Crippen LogP) is 0.179. The highest BCUT2D eigenvalue weighted by atomic mass is 16.5. The molecule has 0 heterocycles. The monoisotopic (exact) mass is 155 g/mol. The van der Waals surface area contributed by atoms with Crippen molar-refractivity contribution in [2.75, 3.05) is 0 Å². The van der Waals surface area contributed by atoms with Crippen molar-refractivity contribution in [2.24, 2.45) is 5.73 Å². The number of rotatable bonds is 3. The summed E-state index contributed by atoms with van der Waals surface area (Å²) in [5.74, 6) is -0.512. The van der Waals surface area contributed by atoms with Crippen molar-refractivity contribution in [3.05, 3.63) is 0 Å². The lowest BCUT2D eigenvalue weighted by atomic mass is 10.0. The fraction of sp³-hybridized carbons (Fsp3) is 0.714. The first-order valence-electron chi connectivity index (χ1n) is 3.41. The van der Waals surface area contributed by atoms with Crippen LogP contribution in [0.15, 0.2) is 0 Å². The van der Waals surface area contributed by atoms with E-state index in [-0.39, 0.29) is 12.5 Å². The minimum Gasteiger partial charge on any atom is -0.462 e. The lowest BCUT2D eigenvalue weighted by molar-refractivity contribution is -0.148. The number of nitrogens with two attached hydrogens (primary N) is 1. The number of esters is 1. The first-order chi connectivity index (χ1) is 5.07. The number of carbonyl (C=O) groups is 1. The Kier molecular flexibility index (Phi) is 4.23. The third-order valence-corrected chi connectivity index (χ3v) is 0.966. The van der Waals surface area contributed by atoms with E-state index >= 15 is 0 Å².